The molecule has 5 heteroatoms. The molecule has 0 amide bonds. The number of aryl methyl sites for hydroxylation is 1. The van der Waals surface area contributed by atoms with Crippen molar-refractivity contribution in [1.82, 2.24) is 15.0 Å². The monoisotopic (exact) mass is 287 g/mol. The summed E-state index contributed by atoms with van der Waals surface area (Å²) < 4.78 is 0. The molecule has 21 heavy (non-hydrogen) atoms. The number of aromatic amines is 1. The summed E-state index contributed by atoms with van der Waals surface area (Å²) in [5.41, 5.74) is 2.07. The highest BCUT2D eigenvalue weighted by atomic mass is 15.3. The van der Waals surface area contributed by atoms with Crippen LogP contribution < -0.4 is 9.80 Å². The quantitative estimate of drug-likeness (QED) is 0.922. The molecule has 3 heterocycles. The number of hydrogen-bond acceptors (Lipinski definition) is 4. The number of nitrogens with zero attached hydrogens (tertiary/aromatic N) is 4. The Balaban J connectivity index is 2.10. The number of nitrogens with one attached hydrogen (secondary N) is 1. The summed E-state index contributed by atoms with van der Waals surface area (Å²) in [6, 6.07) is 2.16. The Hall–Kier alpha value is -1.78. The number of hydrogen-bond donors (Lipinski definition) is 1. The largest absolute Gasteiger partial charge is 0.355 e. The second-order valence-electron chi connectivity index (χ2n) is 6.81. The van der Waals surface area contributed by atoms with Crippen LogP contribution in [0.25, 0.3) is 11.0 Å². The van der Waals surface area contributed by atoms with Gasteiger partial charge in [0.05, 0.1) is 5.39 Å². The average molecular weight is 287 g/mol. The van der Waals surface area contributed by atoms with E-state index in [1.165, 1.54) is 6.42 Å². The maximum Gasteiger partial charge on any atom is 0.228 e. The Morgan fingerprint density at radius 3 is 2.48 bits per heavy atom. The molecule has 1 aliphatic heterocycles. The van der Waals surface area contributed by atoms with Gasteiger partial charge in [-0.2, -0.15) is 9.97 Å². The van der Waals surface area contributed by atoms with Gasteiger partial charge in [0, 0.05) is 32.9 Å². The van der Waals surface area contributed by atoms with Gasteiger partial charge in [0.1, 0.15) is 11.5 Å². The fraction of sp³-hybridized carbons (Fsp3) is 0.625. The predicted octanol–water partition coefficient (Wildman–Crippen LogP) is 2.81. The van der Waals surface area contributed by atoms with Gasteiger partial charge < -0.3 is 14.8 Å². The van der Waals surface area contributed by atoms with E-state index in [2.05, 4.69) is 41.7 Å². The summed E-state index contributed by atoms with van der Waals surface area (Å²) in [5, 5.41) is 1.14. The molecule has 1 aliphatic rings. The van der Waals surface area contributed by atoms with Crippen LogP contribution in [0.4, 0.5) is 11.8 Å². The summed E-state index contributed by atoms with van der Waals surface area (Å²) in [6.45, 7) is 8.88. The molecule has 1 saturated heterocycles. The number of rotatable bonds is 2. The van der Waals surface area contributed by atoms with E-state index < -0.39 is 0 Å². The molecule has 2 aromatic rings. The maximum atomic E-state index is 4.83. The summed E-state index contributed by atoms with van der Waals surface area (Å²) in [5.74, 6) is 3.26. The molecule has 0 saturated carbocycles. The molecule has 2 atom stereocenters. The highest BCUT2D eigenvalue weighted by Gasteiger charge is 2.25. The zero-order chi connectivity index (χ0) is 15.1. The van der Waals surface area contributed by atoms with Crippen LogP contribution in [0.1, 0.15) is 26.0 Å². The first-order valence-corrected chi connectivity index (χ1v) is 7.73. The van der Waals surface area contributed by atoms with Crippen molar-refractivity contribution >= 4 is 22.8 Å². The van der Waals surface area contributed by atoms with Gasteiger partial charge in [0.2, 0.25) is 5.95 Å². The molecule has 0 aromatic carbocycles. The van der Waals surface area contributed by atoms with Gasteiger partial charge in [-0.05, 0) is 31.2 Å². The van der Waals surface area contributed by atoms with E-state index in [1.807, 2.05) is 19.0 Å². The minimum Gasteiger partial charge on any atom is -0.355 e. The summed E-state index contributed by atoms with van der Waals surface area (Å²) in [6.07, 6.45) is 1.30. The number of anilines is 2. The summed E-state index contributed by atoms with van der Waals surface area (Å²) >= 11 is 0. The fourth-order valence-electron chi connectivity index (χ4n) is 3.39. The lowest BCUT2D eigenvalue weighted by Gasteiger charge is -2.36. The second kappa shape index (κ2) is 5.20. The van der Waals surface area contributed by atoms with Gasteiger partial charge in [-0.3, -0.25) is 0 Å². The topological polar surface area (TPSA) is 48.1 Å². The molecule has 5 nitrogen and oxygen atoms in total. The third-order valence-electron chi connectivity index (χ3n) is 4.16. The van der Waals surface area contributed by atoms with Gasteiger partial charge in [-0.15, -0.1) is 0 Å². The first-order valence-electron chi connectivity index (χ1n) is 7.73. The third-order valence-corrected chi connectivity index (χ3v) is 4.16. The molecule has 0 radical (unpaired) electrons. The standard InChI is InChI=1S/C16H25N5/c1-10-6-11(2)9-21(8-10)15-13-7-12(3)17-14(13)18-16(19-15)20(4)5/h7,10-11H,6,8-9H2,1-5H3,(H,17,18,19). The Morgan fingerprint density at radius 1 is 1.19 bits per heavy atom. The lowest BCUT2D eigenvalue weighted by atomic mass is 9.92. The van der Waals surface area contributed by atoms with Gasteiger partial charge in [-0.1, -0.05) is 13.8 Å². The Kier molecular flexibility index (Phi) is 3.51. The van der Waals surface area contributed by atoms with Crippen LogP contribution >= 0.6 is 0 Å². The third kappa shape index (κ3) is 2.69. The van der Waals surface area contributed by atoms with Gasteiger partial charge >= 0.3 is 0 Å². The van der Waals surface area contributed by atoms with Gasteiger partial charge in [-0.25, -0.2) is 0 Å². The SMILES string of the molecule is Cc1cc2c(N3CC(C)CC(C)C3)nc(N(C)C)nc2[nH]1. The number of piperidine rings is 1. The predicted molar refractivity (Wildman–Crippen MR) is 88.1 cm³/mol. The number of aromatic nitrogens is 3. The Bertz CT molecular complexity index is 635. The molecular weight excluding hydrogens is 262 g/mol. The van der Waals surface area contributed by atoms with E-state index in [4.69, 9.17) is 4.98 Å². The van der Waals surface area contributed by atoms with E-state index in [0.29, 0.717) is 11.8 Å². The second-order valence-corrected chi connectivity index (χ2v) is 6.81. The zero-order valence-corrected chi connectivity index (χ0v) is 13.6. The van der Waals surface area contributed by atoms with Crippen molar-refractivity contribution in [1.29, 1.82) is 0 Å². The zero-order valence-electron chi connectivity index (χ0n) is 13.6. The number of H-pyrrole nitrogens is 1. The van der Waals surface area contributed by atoms with E-state index in [-0.39, 0.29) is 0 Å². The summed E-state index contributed by atoms with van der Waals surface area (Å²) in [7, 11) is 3.98. The highest BCUT2D eigenvalue weighted by Crippen LogP contribution is 2.31. The van der Waals surface area contributed by atoms with Crippen LogP contribution in [0.3, 0.4) is 0 Å². The van der Waals surface area contributed by atoms with Crippen LogP contribution in [-0.4, -0.2) is 42.1 Å². The Labute approximate surface area is 126 Å². The Morgan fingerprint density at radius 2 is 1.86 bits per heavy atom. The fourth-order valence-corrected chi connectivity index (χ4v) is 3.39. The van der Waals surface area contributed by atoms with E-state index in [0.717, 1.165) is 41.6 Å². The average Bonchev–Trinajstić information content (AvgIpc) is 2.76. The maximum absolute atomic E-state index is 4.83. The lowest BCUT2D eigenvalue weighted by Crippen LogP contribution is -2.39. The van der Waals surface area contributed by atoms with Crippen molar-refractivity contribution in [3.05, 3.63) is 11.8 Å². The lowest BCUT2D eigenvalue weighted by molar-refractivity contribution is 0.356. The van der Waals surface area contributed by atoms with Crippen LogP contribution in [0.5, 0.6) is 0 Å². The first kappa shape index (κ1) is 14.2. The van der Waals surface area contributed by atoms with E-state index in [9.17, 15) is 0 Å². The molecule has 1 N–H and O–H groups in total. The van der Waals surface area contributed by atoms with Crippen molar-refractivity contribution in [3.8, 4) is 0 Å². The van der Waals surface area contributed by atoms with E-state index in [1.54, 1.807) is 0 Å². The van der Waals surface area contributed by atoms with Crippen molar-refractivity contribution < 1.29 is 0 Å². The van der Waals surface area contributed by atoms with Crippen molar-refractivity contribution in [3.63, 3.8) is 0 Å². The van der Waals surface area contributed by atoms with E-state index >= 15 is 0 Å². The smallest absolute Gasteiger partial charge is 0.228 e. The van der Waals surface area contributed by atoms with Crippen LogP contribution in [-0.2, 0) is 0 Å². The van der Waals surface area contributed by atoms with Crippen LogP contribution in [0.15, 0.2) is 6.07 Å². The molecule has 114 valence electrons. The first-order chi connectivity index (χ1) is 9.94. The molecule has 2 unspecified atom stereocenters. The van der Waals surface area contributed by atoms with Crippen LogP contribution in [0, 0.1) is 18.8 Å². The minimum absolute atomic E-state index is 0.710. The summed E-state index contributed by atoms with van der Waals surface area (Å²) in [4.78, 5) is 17.2. The van der Waals surface area contributed by atoms with Crippen molar-refractivity contribution in [2.45, 2.75) is 27.2 Å². The molecule has 0 bridgehead atoms. The molecule has 2 aromatic heterocycles. The molecule has 3 rings (SSSR count). The van der Waals surface area contributed by atoms with Gasteiger partial charge in [0.15, 0.2) is 0 Å². The van der Waals surface area contributed by atoms with Gasteiger partial charge in [0.25, 0.3) is 0 Å². The molecule has 1 fully saturated rings. The van der Waals surface area contributed by atoms with Crippen molar-refractivity contribution in [2.24, 2.45) is 11.8 Å². The normalized spacial score (nSPS) is 22.8. The molecule has 0 aliphatic carbocycles. The minimum atomic E-state index is 0.710. The molecule has 0 spiro atoms. The molecular formula is C16H25N5. The van der Waals surface area contributed by atoms with Crippen LogP contribution in [0.2, 0.25) is 0 Å². The highest BCUT2D eigenvalue weighted by molar-refractivity contribution is 5.89. The van der Waals surface area contributed by atoms with Crippen molar-refractivity contribution in [2.75, 3.05) is 37.0 Å². The number of fused-ring (bicyclic) bond motifs is 1.